The van der Waals surface area contributed by atoms with Crippen molar-refractivity contribution in [1.29, 1.82) is 0 Å². The molecular formula is C9H14BrClN2OS. The Labute approximate surface area is 108 Å². The van der Waals surface area contributed by atoms with Gasteiger partial charge in [-0.05, 0) is 41.4 Å². The Morgan fingerprint density at radius 2 is 2.33 bits per heavy atom. The highest BCUT2D eigenvalue weighted by molar-refractivity contribution is 9.11. The smallest absolute Gasteiger partial charge is 0.261 e. The van der Waals surface area contributed by atoms with Gasteiger partial charge in [0.1, 0.15) is 0 Å². The molecule has 1 rings (SSSR count). The summed E-state index contributed by atoms with van der Waals surface area (Å²) in [5.74, 6) is -0.0265. The Bertz CT molecular complexity index is 317. The van der Waals surface area contributed by atoms with Gasteiger partial charge in [-0.2, -0.15) is 0 Å². The van der Waals surface area contributed by atoms with Crippen LogP contribution in [-0.4, -0.2) is 18.5 Å². The number of halogens is 2. The van der Waals surface area contributed by atoms with E-state index in [0.717, 1.165) is 15.1 Å². The highest BCUT2D eigenvalue weighted by atomic mass is 79.9. The predicted molar refractivity (Wildman–Crippen MR) is 69.9 cm³/mol. The maximum Gasteiger partial charge on any atom is 0.261 e. The van der Waals surface area contributed by atoms with Crippen molar-refractivity contribution in [2.45, 2.75) is 19.4 Å². The first-order chi connectivity index (χ1) is 6.59. The summed E-state index contributed by atoms with van der Waals surface area (Å²) in [6.45, 7) is 2.56. The van der Waals surface area contributed by atoms with Crippen molar-refractivity contribution < 1.29 is 4.79 Å². The van der Waals surface area contributed by atoms with E-state index >= 15 is 0 Å². The van der Waals surface area contributed by atoms with Crippen molar-refractivity contribution in [1.82, 2.24) is 5.32 Å². The number of carbonyl (C=O) groups excluding carboxylic acids is 1. The summed E-state index contributed by atoms with van der Waals surface area (Å²) < 4.78 is 0.967. The van der Waals surface area contributed by atoms with Crippen LogP contribution in [-0.2, 0) is 0 Å². The average molecular weight is 314 g/mol. The van der Waals surface area contributed by atoms with Gasteiger partial charge < -0.3 is 11.1 Å². The van der Waals surface area contributed by atoms with Crippen LogP contribution < -0.4 is 11.1 Å². The van der Waals surface area contributed by atoms with Crippen LogP contribution in [0.25, 0.3) is 0 Å². The number of thiophene rings is 1. The zero-order chi connectivity index (χ0) is 10.6. The lowest BCUT2D eigenvalue weighted by atomic mass is 10.2. The Balaban J connectivity index is 0.00000196. The monoisotopic (exact) mass is 312 g/mol. The van der Waals surface area contributed by atoms with Crippen LogP contribution >= 0.6 is 39.7 Å². The molecule has 1 unspecified atom stereocenters. The van der Waals surface area contributed by atoms with Gasteiger partial charge in [-0.15, -0.1) is 23.7 Å². The van der Waals surface area contributed by atoms with E-state index < -0.39 is 0 Å². The van der Waals surface area contributed by atoms with Crippen molar-refractivity contribution >= 4 is 45.6 Å². The second-order valence-electron chi connectivity index (χ2n) is 3.13. The molecule has 15 heavy (non-hydrogen) atoms. The fraction of sp³-hybridized carbons (Fsp3) is 0.444. The zero-order valence-electron chi connectivity index (χ0n) is 8.33. The van der Waals surface area contributed by atoms with Crippen LogP contribution in [0, 0.1) is 0 Å². The Morgan fingerprint density at radius 1 is 1.67 bits per heavy atom. The molecule has 1 aromatic rings. The van der Waals surface area contributed by atoms with Gasteiger partial charge in [-0.3, -0.25) is 4.79 Å². The minimum atomic E-state index is -0.0265. The maximum atomic E-state index is 11.5. The maximum absolute atomic E-state index is 11.5. The molecule has 3 N–H and O–H groups in total. The first-order valence-electron chi connectivity index (χ1n) is 4.38. The number of carbonyl (C=O) groups is 1. The second kappa shape index (κ2) is 7.22. The number of nitrogens with one attached hydrogen (secondary N) is 1. The largest absolute Gasteiger partial charge is 0.351 e. The van der Waals surface area contributed by atoms with Gasteiger partial charge in [0.05, 0.1) is 8.66 Å². The summed E-state index contributed by atoms with van der Waals surface area (Å²) >= 11 is 4.74. The van der Waals surface area contributed by atoms with Crippen molar-refractivity contribution in [2.24, 2.45) is 5.73 Å². The molecule has 1 aromatic heterocycles. The molecule has 0 saturated heterocycles. The summed E-state index contributed by atoms with van der Waals surface area (Å²) in [6, 6.07) is 3.80. The standard InChI is InChI=1S/C9H13BrN2OS.ClH/c1-6(11)4-5-12-9(13)7-2-3-8(10)14-7;/h2-3,6H,4-5,11H2,1H3,(H,12,13);1H. The molecule has 1 atom stereocenters. The zero-order valence-corrected chi connectivity index (χ0v) is 11.5. The molecule has 0 radical (unpaired) electrons. The first-order valence-corrected chi connectivity index (χ1v) is 5.99. The molecule has 0 fully saturated rings. The number of amides is 1. The van der Waals surface area contributed by atoms with Crippen LogP contribution in [0.1, 0.15) is 23.0 Å². The lowest BCUT2D eigenvalue weighted by Crippen LogP contribution is -2.28. The SMILES string of the molecule is CC(N)CCNC(=O)c1ccc(Br)s1.Cl. The molecule has 0 aromatic carbocycles. The summed E-state index contributed by atoms with van der Waals surface area (Å²) in [5, 5.41) is 2.81. The third kappa shape index (κ3) is 5.51. The predicted octanol–water partition coefficient (Wildman–Crippen LogP) is 2.40. The molecule has 3 nitrogen and oxygen atoms in total. The molecule has 0 aliphatic carbocycles. The van der Waals surface area contributed by atoms with Crippen LogP contribution in [0.5, 0.6) is 0 Å². The quantitative estimate of drug-likeness (QED) is 0.897. The van der Waals surface area contributed by atoms with Gasteiger partial charge in [0.15, 0.2) is 0 Å². The summed E-state index contributed by atoms with van der Waals surface area (Å²) in [5.41, 5.74) is 5.57. The highest BCUT2D eigenvalue weighted by Gasteiger charge is 2.07. The van der Waals surface area contributed by atoms with Gasteiger partial charge in [0.2, 0.25) is 0 Å². The Kier molecular flexibility index (Phi) is 7.17. The normalized spacial score (nSPS) is 11.7. The number of rotatable bonds is 4. The van der Waals surface area contributed by atoms with Gasteiger partial charge >= 0.3 is 0 Å². The van der Waals surface area contributed by atoms with Gasteiger partial charge in [0.25, 0.3) is 5.91 Å². The van der Waals surface area contributed by atoms with E-state index in [1.165, 1.54) is 11.3 Å². The van der Waals surface area contributed by atoms with E-state index in [4.69, 9.17) is 5.73 Å². The molecule has 1 amide bonds. The van der Waals surface area contributed by atoms with Crippen LogP contribution in [0.2, 0.25) is 0 Å². The minimum Gasteiger partial charge on any atom is -0.351 e. The molecule has 0 spiro atoms. The highest BCUT2D eigenvalue weighted by Crippen LogP contribution is 2.21. The number of hydrogen-bond donors (Lipinski definition) is 2. The first kappa shape index (κ1) is 14.9. The number of hydrogen-bond acceptors (Lipinski definition) is 3. The summed E-state index contributed by atoms with van der Waals surface area (Å²) in [4.78, 5) is 12.2. The lowest BCUT2D eigenvalue weighted by Gasteiger charge is -2.05. The van der Waals surface area contributed by atoms with E-state index in [1.54, 1.807) is 6.07 Å². The van der Waals surface area contributed by atoms with E-state index in [9.17, 15) is 4.79 Å². The van der Waals surface area contributed by atoms with Crippen molar-refractivity contribution in [3.05, 3.63) is 20.8 Å². The molecule has 1 heterocycles. The van der Waals surface area contributed by atoms with Crippen molar-refractivity contribution in [3.8, 4) is 0 Å². The van der Waals surface area contributed by atoms with E-state index in [1.807, 2.05) is 13.0 Å². The van der Waals surface area contributed by atoms with E-state index in [2.05, 4.69) is 21.2 Å². The minimum absolute atomic E-state index is 0. The summed E-state index contributed by atoms with van der Waals surface area (Å²) in [6.07, 6.45) is 0.804. The molecule has 0 saturated carbocycles. The third-order valence-corrected chi connectivity index (χ3v) is 3.30. The fourth-order valence-corrected chi connectivity index (χ4v) is 2.24. The molecule has 0 bridgehead atoms. The molecule has 86 valence electrons. The van der Waals surface area contributed by atoms with Gasteiger partial charge in [-0.25, -0.2) is 0 Å². The third-order valence-electron chi connectivity index (χ3n) is 1.68. The lowest BCUT2D eigenvalue weighted by molar-refractivity contribution is 0.0957. The van der Waals surface area contributed by atoms with Crippen molar-refractivity contribution in [3.63, 3.8) is 0 Å². The Hall–Kier alpha value is -0.100. The van der Waals surface area contributed by atoms with Crippen LogP contribution in [0.3, 0.4) is 0 Å². The molecule has 0 aliphatic rings. The van der Waals surface area contributed by atoms with Crippen LogP contribution in [0.4, 0.5) is 0 Å². The number of nitrogens with two attached hydrogens (primary N) is 1. The topological polar surface area (TPSA) is 55.1 Å². The van der Waals surface area contributed by atoms with E-state index in [-0.39, 0.29) is 24.4 Å². The molecule has 0 aliphatic heterocycles. The van der Waals surface area contributed by atoms with E-state index in [0.29, 0.717) is 6.54 Å². The molecule has 6 heteroatoms. The van der Waals surface area contributed by atoms with Gasteiger partial charge in [0, 0.05) is 12.6 Å². The van der Waals surface area contributed by atoms with Crippen molar-refractivity contribution in [2.75, 3.05) is 6.54 Å². The molecular weight excluding hydrogens is 300 g/mol. The second-order valence-corrected chi connectivity index (χ2v) is 5.59. The average Bonchev–Trinajstić information content (AvgIpc) is 2.51. The Morgan fingerprint density at radius 3 is 2.80 bits per heavy atom. The van der Waals surface area contributed by atoms with Crippen LogP contribution in [0.15, 0.2) is 15.9 Å². The summed E-state index contributed by atoms with van der Waals surface area (Å²) in [7, 11) is 0. The van der Waals surface area contributed by atoms with Gasteiger partial charge in [-0.1, -0.05) is 0 Å². The fourth-order valence-electron chi connectivity index (χ4n) is 0.937.